The lowest BCUT2D eigenvalue weighted by atomic mass is 9.79. The van der Waals surface area contributed by atoms with E-state index < -0.39 is 5.60 Å². The summed E-state index contributed by atoms with van der Waals surface area (Å²) in [7, 11) is 0. The number of rotatable bonds is 3. The maximum atomic E-state index is 10.4. The van der Waals surface area contributed by atoms with Crippen molar-refractivity contribution in [3.8, 4) is 0 Å². The second-order valence-corrected chi connectivity index (χ2v) is 5.05. The SMILES string of the molecule is NC1CCC(O)(CCc2ccccc2)CC1. The van der Waals surface area contributed by atoms with Gasteiger partial charge in [-0.2, -0.15) is 0 Å². The minimum absolute atomic E-state index is 0.303. The monoisotopic (exact) mass is 219 g/mol. The molecule has 16 heavy (non-hydrogen) atoms. The van der Waals surface area contributed by atoms with Gasteiger partial charge in [0.15, 0.2) is 0 Å². The molecule has 0 aliphatic heterocycles. The molecule has 0 amide bonds. The second-order valence-electron chi connectivity index (χ2n) is 5.05. The van der Waals surface area contributed by atoms with E-state index in [1.54, 1.807) is 0 Å². The molecule has 0 aromatic heterocycles. The van der Waals surface area contributed by atoms with E-state index in [0.29, 0.717) is 6.04 Å². The molecule has 3 N–H and O–H groups in total. The van der Waals surface area contributed by atoms with Gasteiger partial charge >= 0.3 is 0 Å². The van der Waals surface area contributed by atoms with Crippen molar-refractivity contribution in [2.24, 2.45) is 5.73 Å². The number of aliphatic hydroxyl groups is 1. The molecule has 0 bridgehead atoms. The Morgan fingerprint density at radius 3 is 2.44 bits per heavy atom. The first-order valence-corrected chi connectivity index (χ1v) is 6.20. The highest BCUT2D eigenvalue weighted by Crippen LogP contribution is 2.31. The van der Waals surface area contributed by atoms with Gasteiger partial charge in [0.05, 0.1) is 5.60 Å². The lowest BCUT2D eigenvalue weighted by Crippen LogP contribution is -2.39. The van der Waals surface area contributed by atoms with Crippen molar-refractivity contribution in [2.75, 3.05) is 0 Å². The summed E-state index contributed by atoms with van der Waals surface area (Å²) >= 11 is 0. The average Bonchev–Trinajstić information content (AvgIpc) is 2.33. The summed E-state index contributed by atoms with van der Waals surface area (Å²) in [5.74, 6) is 0. The molecule has 2 rings (SSSR count). The van der Waals surface area contributed by atoms with Crippen LogP contribution in [0.1, 0.15) is 37.7 Å². The van der Waals surface area contributed by atoms with E-state index in [9.17, 15) is 5.11 Å². The fraction of sp³-hybridized carbons (Fsp3) is 0.571. The van der Waals surface area contributed by atoms with Crippen LogP contribution in [0.5, 0.6) is 0 Å². The van der Waals surface area contributed by atoms with Crippen LogP contribution in [0.15, 0.2) is 30.3 Å². The topological polar surface area (TPSA) is 46.2 Å². The summed E-state index contributed by atoms with van der Waals surface area (Å²) in [6, 6.07) is 10.7. The molecule has 0 saturated heterocycles. The second kappa shape index (κ2) is 4.98. The Hall–Kier alpha value is -0.860. The van der Waals surface area contributed by atoms with Crippen LogP contribution >= 0.6 is 0 Å². The molecular formula is C14H21NO. The number of nitrogens with two attached hydrogens (primary N) is 1. The minimum atomic E-state index is -0.467. The third-order valence-corrected chi connectivity index (χ3v) is 3.68. The Morgan fingerprint density at radius 1 is 1.19 bits per heavy atom. The Kier molecular flexibility index (Phi) is 3.62. The van der Waals surface area contributed by atoms with Gasteiger partial charge in [-0.3, -0.25) is 0 Å². The molecular weight excluding hydrogens is 198 g/mol. The molecule has 88 valence electrons. The molecule has 0 radical (unpaired) electrons. The molecule has 1 aliphatic rings. The molecule has 0 spiro atoms. The minimum Gasteiger partial charge on any atom is -0.390 e. The fourth-order valence-corrected chi connectivity index (χ4v) is 2.45. The molecule has 0 atom stereocenters. The molecule has 1 aromatic rings. The van der Waals surface area contributed by atoms with Crippen LogP contribution in [0.3, 0.4) is 0 Å². The normalized spacial score (nSPS) is 30.2. The highest BCUT2D eigenvalue weighted by atomic mass is 16.3. The summed E-state index contributed by atoms with van der Waals surface area (Å²) < 4.78 is 0. The summed E-state index contributed by atoms with van der Waals surface area (Å²) in [4.78, 5) is 0. The molecule has 1 saturated carbocycles. The van der Waals surface area contributed by atoms with Crippen LogP contribution in [-0.4, -0.2) is 16.7 Å². The maximum Gasteiger partial charge on any atom is 0.0652 e. The zero-order valence-corrected chi connectivity index (χ0v) is 9.73. The molecule has 0 unspecified atom stereocenters. The van der Waals surface area contributed by atoms with Crippen molar-refractivity contribution in [1.82, 2.24) is 0 Å². The first-order valence-electron chi connectivity index (χ1n) is 6.20. The Morgan fingerprint density at radius 2 is 1.81 bits per heavy atom. The average molecular weight is 219 g/mol. The summed E-state index contributed by atoms with van der Waals surface area (Å²) in [5, 5.41) is 10.4. The van der Waals surface area contributed by atoms with Crippen molar-refractivity contribution in [1.29, 1.82) is 0 Å². The van der Waals surface area contributed by atoms with Gasteiger partial charge in [0.2, 0.25) is 0 Å². The van der Waals surface area contributed by atoms with E-state index in [0.717, 1.165) is 38.5 Å². The standard InChI is InChI=1S/C14H21NO/c15-13-7-10-14(16,11-8-13)9-6-12-4-2-1-3-5-12/h1-5,13,16H,6-11,15H2. The van der Waals surface area contributed by atoms with Crippen LogP contribution in [0, 0.1) is 0 Å². The van der Waals surface area contributed by atoms with Gasteiger partial charge in [-0.25, -0.2) is 0 Å². The quantitative estimate of drug-likeness (QED) is 0.819. The van der Waals surface area contributed by atoms with Crippen LogP contribution in [0.25, 0.3) is 0 Å². The lowest BCUT2D eigenvalue weighted by Gasteiger charge is -2.34. The largest absolute Gasteiger partial charge is 0.390 e. The number of hydrogen-bond acceptors (Lipinski definition) is 2. The fourth-order valence-electron chi connectivity index (χ4n) is 2.45. The third-order valence-electron chi connectivity index (χ3n) is 3.68. The van der Waals surface area contributed by atoms with Crippen LogP contribution < -0.4 is 5.73 Å². The summed E-state index contributed by atoms with van der Waals surface area (Å²) in [6.45, 7) is 0. The van der Waals surface area contributed by atoms with Gasteiger partial charge < -0.3 is 10.8 Å². The van der Waals surface area contributed by atoms with E-state index in [2.05, 4.69) is 24.3 Å². The highest BCUT2D eigenvalue weighted by molar-refractivity contribution is 5.15. The Balaban J connectivity index is 1.85. The van der Waals surface area contributed by atoms with Crippen LogP contribution in [0.2, 0.25) is 0 Å². The number of aryl methyl sites for hydroxylation is 1. The zero-order chi connectivity index (χ0) is 11.4. The smallest absolute Gasteiger partial charge is 0.0652 e. The van der Waals surface area contributed by atoms with E-state index in [4.69, 9.17) is 5.73 Å². The van der Waals surface area contributed by atoms with Crippen molar-refractivity contribution in [2.45, 2.75) is 50.2 Å². The van der Waals surface area contributed by atoms with Gasteiger partial charge in [-0.1, -0.05) is 30.3 Å². The molecule has 2 heteroatoms. The van der Waals surface area contributed by atoms with Crippen molar-refractivity contribution >= 4 is 0 Å². The zero-order valence-electron chi connectivity index (χ0n) is 9.73. The maximum absolute atomic E-state index is 10.4. The van der Waals surface area contributed by atoms with E-state index in [1.807, 2.05) is 6.07 Å². The first kappa shape index (κ1) is 11.6. The van der Waals surface area contributed by atoms with Crippen LogP contribution in [0.4, 0.5) is 0 Å². The van der Waals surface area contributed by atoms with Crippen molar-refractivity contribution in [3.63, 3.8) is 0 Å². The van der Waals surface area contributed by atoms with Gasteiger partial charge in [0, 0.05) is 6.04 Å². The molecule has 0 heterocycles. The lowest BCUT2D eigenvalue weighted by molar-refractivity contribution is -0.00750. The summed E-state index contributed by atoms with van der Waals surface area (Å²) in [6.07, 6.45) is 5.48. The van der Waals surface area contributed by atoms with Gasteiger partial charge in [0.25, 0.3) is 0 Å². The predicted molar refractivity (Wildman–Crippen MR) is 66.2 cm³/mol. The van der Waals surface area contributed by atoms with Crippen molar-refractivity contribution in [3.05, 3.63) is 35.9 Å². The number of hydrogen-bond donors (Lipinski definition) is 2. The van der Waals surface area contributed by atoms with E-state index in [-0.39, 0.29) is 0 Å². The van der Waals surface area contributed by atoms with E-state index >= 15 is 0 Å². The van der Waals surface area contributed by atoms with Crippen LogP contribution in [-0.2, 0) is 6.42 Å². The molecule has 1 fully saturated rings. The Bertz CT molecular complexity index is 315. The van der Waals surface area contributed by atoms with Crippen molar-refractivity contribution < 1.29 is 5.11 Å². The predicted octanol–water partition coefficient (Wildman–Crippen LogP) is 2.25. The first-order chi connectivity index (χ1) is 7.68. The third kappa shape index (κ3) is 3.06. The van der Waals surface area contributed by atoms with E-state index in [1.165, 1.54) is 5.56 Å². The molecule has 1 aromatic carbocycles. The highest BCUT2D eigenvalue weighted by Gasteiger charge is 2.31. The number of benzene rings is 1. The summed E-state index contributed by atoms with van der Waals surface area (Å²) in [5.41, 5.74) is 6.70. The van der Waals surface area contributed by atoms with Gasteiger partial charge in [-0.05, 0) is 44.1 Å². The molecule has 1 aliphatic carbocycles. The van der Waals surface area contributed by atoms with Gasteiger partial charge in [-0.15, -0.1) is 0 Å². The molecule has 2 nitrogen and oxygen atoms in total. The Labute approximate surface area is 97.5 Å². The van der Waals surface area contributed by atoms with Gasteiger partial charge in [0.1, 0.15) is 0 Å².